The minimum absolute atomic E-state index is 0.241. The van der Waals surface area contributed by atoms with Crippen molar-refractivity contribution in [2.75, 3.05) is 25.5 Å². The molecule has 1 unspecified atom stereocenters. The highest BCUT2D eigenvalue weighted by Crippen LogP contribution is 2.16. The monoisotopic (exact) mass is 179 g/mol. The molecule has 3 N–H and O–H groups in total. The minimum Gasteiger partial charge on any atom is -0.397 e. The maximum absolute atomic E-state index is 5.63. The molecule has 0 aromatic carbocycles. The van der Waals surface area contributed by atoms with Crippen LogP contribution in [0.3, 0.4) is 0 Å². The van der Waals surface area contributed by atoms with Crippen molar-refractivity contribution in [3.05, 3.63) is 24.0 Å². The number of hydrogen-bond donors (Lipinski definition) is 2. The zero-order valence-electron chi connectivity index (χ0n) is 7.36. The van der Waals surface area contributed by atoms with E-state index in [0.29, 0.717) is 12.3 Å². The lowest BCUT2D eigenvalue weighted by Gasteiger charge is -2.23. The summed E-state index contributed by atoms with van der Waals surface area (Å²) >= 11 is 0. The van der Waals surface area contributed by atoms with Crippen molar-refractivity contribution in [3.8, 4) is 0 Å². The Kier molecular flexibility index (Phi) is 2.42. The first-order chi connectivity index (χ1) is 6.36. The van der Waals surface area contributed by atoms with E-state index in [1.165, 1.54) is 0 Å². The van der Waals surface area contributed by atoms with E-state index >= 15 is 0 Å². The maximum Gasteiger partial charge on any atom is 0.0662 e. The normalized spacial score (nSPS) is 22.9. The molecule has 1 aromatic heterocycles. The Morgan fingerprint density at radius 2 is 2.46 bits per heavy atom. The number of nitrogens with zero attached hydrogens (tertiary/aromatic N) is 1. The maximum atomic E-state index is 5.63. The van der Waals surface area contributed by atoms with Crippen molar-refractivity contribution < 1.29 is 4.74 Å². The number of nitrogens with one attached hydrogen (secondary N) is 1. The van der Waals surface area contributed by atoms with E-state index in [4.69, 9.17) is 10.5 Å². The highest BCUT2D eigenvalue weighted by molar-refractivity contribution is 5.38. The second-order valence-electron chi connectivity index (χ2n) is 3.13. The summed E-state index contributed by atoms with van der Waals surface area (Å²) in [6, 6.07) is 2.17. The van der Waals surface area contributed by atoms with Crippen molar-refractivity contribution in [1.29, 1.82) is 0 Å². The third-order valence-corrected chi connectivity index (χ3v) is 2.10. The number of hydrogen-bond acceptors (Lipinski definition) is 4. The number of nitrogen functional groups attached to an aromatic ring is 1. The first-order valence-electron chi connectivity index (χ1n) is 4.38. The molecule has 0 amide bonds. The zero-order valence-corrected chi connectivity index (χ0v) is 7.36. The fourth-order valence-corrected chi connectivity index (χ4v) is 1.45. The molecule has 1 aromatic rings. The molecule has 4 nitrogen and oxygen atoms in total. The van der Waals surface area contributed by atoms with Crippen LogP contribution in [0.15, 0.2) is 18.5 Å². The van der Waals surface area contributed by atoms with Gasteiger partial charge in [0.2, 0.25) is 0 Å². The summed E-state index contributed by atoms with van der Waals surface area (Å²) in [6.45, 7) is 2.37. The number of nitrogens with two attached hydrogens (primary N) is 1. The Labute approximate surface area is 77.1 Å². The summed E-state index contributed by atoms with van der Waals surface area (Å²) in [7, 11) is 0. The van der Waals surface area contributed by atoms with Gasteiger partial charge in [0.25, 0.3) is 0 Å². The van der Waals surface area contributed by atoms with Crippen molar-refractivity contribution in [3.63, 3.8) is 0 Å². The molecule has 0 aliphatic carbocycles. The molecule has 0 bridgehead atoms. The SMILES string of the molecule is Nc1cncc(C2COCCN2)c1. The highest BCUT2D eigenvalue weighted by atomic mass is 16.5. The molecule has 1 saturated heterocycles. The number of ether oxygens (including phenoxy) is 1. The molecule has 2 heterocycles. The lowest BCUT2D eigenvalue weighted by atomic mass is 10.1. The molecule has 1 atom stereocenters. The predicted octanol–water partition coefficient (Wildman–Crippen LogP) is 0.325. The molecule has 1 aliphatic heterocycles. The van der Waals surface area contributed by atoms with Crippen LogP contribution in [-0.2, 0) is 4.74 Å². The van der Waals surface area contributed by atoms with Crippen LogP contribution in [0.1, 0.15) is 11.6 Å². The van der Waals surface area contributed by atoms with Gasteiger partial charge in [0.1, 0.15) is 0 Å². The summed E-state index contributed by atoms with van der Waals surface area (Å²) in [6.07, 6.45) is 3.47. The van der Waals surface area contributed by atoms with Gasteiger partial charge >= 0.3 is 0 Å². The minimum atomic E-state index is 0.241. The largest absolute Gasteiger partial charge is 0.397 e. The molecule has 0 saturated carbocycles. The van der Waals surface area contributed by atoms with Gasteiger partial charge in [-0.25, -0.2) is 0 Å². The second kappa shape index (κ2) is 3.72. The van der Waals surface area contributed by atoms with Gasteiger partial charge in [0.05, 0.1) is 24.9 Å². The first-order valence-corrected chi connectivity index (χ1v) is 4.38. The number of pyridine rings is 1. The van der Waals surface area contributed by atoms with Crippen molar-refractivity contribution in [2.24, 2.45) is 0 Å². The molecule has 2 rings (SSSR count). The number of anilines is 1. The molecule has 13 heavy (non-hydrogen) atoms. The summed E-state index contributed by atoms with van der Waals surface area (Å²) in [5.74, 6) is 0. The van der Waals surface area contributed by atoms with Crippen LogP contribution in [0.5, 0.6) is 0 Å². The topological polar surface area (TPSA) is 60.2 Å². The molecular formula is C9H13N3O. The zero-order chi connectivity index (χ0) is 9.10. The van der Waals surface area contributed by atoms with Crippen LogP contribution >= 0.6 is 0 Å². The average Bonchev–Trinajstić information content (AvgIpc) is 2.19. The molecule has 1 aliphatic rings. The van der Waals surface area contributed by atoms with Gasteiger partial charge in [0.15, 0.2) is 0 Å². The Balaban J connectivity index is 2.14. The summed E-state index contributed by atoms with van der Waals surface area (Å²) < 4.78 is 5.35. The average molecular weight is 179 g/mol. The summed E-state index contributed by atoms with van der Waals surface area (Å²) in [5.41, 5.74) is 7.43. The van der Waals surface area contributed by atoms with Gasteiger partial charge in [-0.2, -0.15) is 0 Å². The number of aromatic nitrogens is 1. The smallest absolute Gasteiger partial charge is 0.0662 e. The summed E-state index contributed by atoms with van der Waals surface area (Å²) in [5, 5.41) is 3.34. The molecule has 70 valence electrons. The fourth-order valence-electron chi connectivity index (χ4n) is 1.45. The van der Waals surface area contributed by atoms with Crippen molar-refractivity contribution in [2.45, 2.75) is 6.04 Å². The van der Waals surface area contributed by atoms with E-state index in [1.807, 2.05) is 12.3 Å². The van der Waals surface area contributed by atoms with Crippen LogP contribution in [0.25, 0.3) is 0 Å². The highest BCUT2D eigenvalue weighted by Gasteiger charge is 2.15. The first kappa shape index (κ1) is 8.47. The van der Waals surface area contributed by atoms with Crippen LogP contribution in [0, 0.1) is 0 Å². The summed E-state index contributed by atoms with van der Waals surface area (Å²) in [4.78, 5) is 4.04. The third kappa shape index (κ3) is 1.96. The lowest BCUT2D eigenvalue weighted by molar-refractivity contribution is 0.0768. The van der Waals surface area contributed by atoms with Gasteiger partial charge < -0.3 is 15.8 Å². The van der Waals surface area contributed by atoms with Crippen LogP contribution in [-0.4, -0.2) is 24.7 Å². The predicted molar refractivity (Wildman–Crippen MR) is 50.2 cm³/mol. The Morgan fingerprint density at radius 3 is 3.15 bits per heavy atom. The molecule has 0 radical (unpaired) electrons. The van der Waals surface area contributed by atoms with Gasteiger partial charge in [-0.05, 0) is 11.6 Å². The standard InChI is InChI=1S/C9H13N3O/c10-8-3-7(4-11-5-8)9-6-13-2-1-12-9/h3-5,9,12H,1-2,6,10H2. The van der Waals surface area contributed by atoms with E-state index in [-0.39, 0.29) is 6.04 Å². The van der Waals surface area contributed by atoms with Crippen LogP contribution in [0.2, 0.25) is 0 Å². The molecule has 4 heteroatoms. The Morgan fingerprint density at radius 1 is 1.54 bits per heavy atom. The third-order valence-electron chi connectivity index (χ3n) is 2.10. The lowest BCUT2D eigenvalue weighted by Crippen LogP contribution is -2.34. The second-order valence-corrected chi connectivity index (χ2v) is 3.13. The van der Waals surface area contributed by atoms with Gasteiger partial charge in [-0.3, -0.25) is 4.98 Å². The number of morpholine rings is 1. The van der Waals surface area contributed by atoms with E-state index in [1.54, 1.807) is 6.20 Å². The van der Waals surface area contributed by atoms with Gasteiger partial charge in [0, 0.05) is 18.9 Å². The van der Waals surface area contributed by atoms with Crippen LogP contribution < -0.4 is 11.1 Å². The Bertz CT molecular complexity index is 284. The Hall–Kier alpha value is -1.13. The van der Waals surface area contributed by atoms with Gasteiger partial charge in [-0.1, -0.05) is 0 Å². The van der Waals surface area contributed by atoms with E-state index < -0.39 is 0 Å². The fraction of sp³-hybridized carbons (Fsp3) is 0.444. The van der Waals surface area contributed by atoms with Crippen molar-refractivity contribution >= 4 is 5.69 Å². The quantitative estimate of drug-likeness (QED) is 0.652. The molecule has 0 spiro atoms. The molecule has 1 fully saturated rings. The number of rotatable bonds is 1. The van der Waals surface area contributed by atoms with E-state index in [0.717, 1.165) is 18.7 Å². The van der Waals surface area contributed by atoms with Gasteiger partial charge in [-0.15, -0.1) is 0 Å². The van der Waals surface area contributed by atoms with E-state index in [2.05, 4.69) is 10.3 Å². The van der Waals surface area contributed by atoms with Crippen LogP contribution in [0.4, 0.5) is 5.69 Å². The molecular weight excluding hydrogens is 166 g/mol. The van der Waals surface area contributed by atoms with E-state index in [9.17, 15) is 0 Å². The van der Waals surface area contributed by atoms with Crippen molar-refractivity contribution in [1.82, 2.24) is 10.3 Å².